The van der Waals surface area contributed by atoms with Gasteiger partial charge in [-0.25, -0.2) is 8.78 Å². The standard InChI is InChI=1S/C22H21F5N6O2/c1-31-21(32-10-18(11-32)35-17-3-12(22(25,26)27)2-13(23)6-17)19(8-28-31)20(34)30-15-7-29-33(9-15)16-4-14(24)5-16/h2-3,6-9,14,16,18H,4-5,10-11H2,1H3,(H,30,34). The quantitative estimate of drug-likeness (QED) is 0.523. The lowest BCUT2D eigenvalue weighted by Crippen LogP contribution is -2.55. The number of amides is 1. The zero-order chi connectivity index (χ0) is 24.9. The van der Waals surface area contributed by atoms with Gasteiger partial charge in [0.25, 0.3) is 5.91 Å². The predicted molar refractivity (Wildman–Crippen MR) is 115 cm³/mol. The highest BCUT2D eigenvalue weighted by atomic mass is 19.4. The fourth-order valence-electron chi connectivity index (χ4n) is 4.18. The average molecular weight is 496 g/mol. The summed E-state index contributed by atoms with van der Waals surface area (Å²) in [4.78, 5) is 14.7. The zero-order valence-electron chi connectivity index (χ0n) is 18.5. The number of alkyl halides is 4. The van der Waals surface area contributed by atoms with E-state index in [0.717, 1.165) is 12.1 Å². The summed E-state index contributed by atoms with van der Waals surface area (Å²) in [5.74, 6) is -1.17. The number of anilines is 2. The van der Waals surface area contributed by atoms with Crippen molar-refractivity contribution >= 4 is 17.4 Å². The molecule has 35 heavy (non-hydrogen) atoms. The minimum absolute atomic E-state index is 0.0204. The Morgan fingerprint density at radius 3 is 2.57 bits per heavy atom. The second kappa shape index (κ2) is 8.54. The van der Waals surface area contributed by atoms with Crippen molar-refractivity contribution in [3.63, 3.8) is 0 Å². The van der Waals surface area contributed by atoms with Crippen LogP contribution in [-0.2, 0) is 13.2 Å². The molecular weight excluding hydrogens is 475 g/mol. The molecule has 8 nitrogen and oxygen atoms in total. The fraction of sp³-hybridized carbons (Fsp3) is 0.409. The Balaban J connectivity index is 1.22. The molecule has 5 rings (SSSR count). The first kappa shape index (κ1) is 23.1. The molecule has 0 radical (unpaired) electrons. The van der Waals surface area contributed by atoms with Crippen molar-refractivity contribution in [2.75, 3.05) is 23.3 Å². The summed E-state index contributed by atoms with van der Waals surface area (Å²) >= 11 is 0. The number of hydrogen-bond donors (Lipinski definition) is 1. The van der Waals surface area contributed by atoms with Gasteiger partial charge in [0.1, 0.15) is 35.2 Å². The van der Waals surface area contributed by atoms with Crippen molar-refractivity contribution < 1.29 is 31.5 Å². The van der Waals surface area contributed by atoms with Gasteiger partial charge in [-0.2, -0.15) is 23.4 Å². The van der Waals surface area contributed by atoms with Gasteiger partial charge in [0, 0.05) is 32.2 Å². The van der Waals surface area contributed by atoms with Crippen LogP contribution in [0.4, 0.5) is 33.5 Å². The number of aryl methyl sites for hydroxylation is 1. The molecule has 1 saturated carbocycles. The number of rotatable bonds is 6. The number of nitrogens with zero attached hydrogens (tertiary/aromatic N) is 5. The van der Waals surface area contributed by atoms with Crippen LogP contribution in [0.1, 0.15) is 34.8 Å². The Hall–Kier alpha value is -3.64. The molecule has 1 amide bonds. The average Bonchev–Trinajstić information content (AvgIpc) is 3.33. The first-order valence-corrected chi connectivity index (χ1v) is 10.9. The lowest BCUT2D eigenvalue weighted by atomic mass is 9.91. The molecule has 2 fully saturated rings. The Morgan fingerprint density at radius 2 is 1.89 bits per heavy atom. The summed E-state index contributed by atoms with van der Waals surface area (Å²) < 4.78 is 74.2. The second-order valence-corrected chi connectivity index (χ2v) is 8.71. The third kappa shape index (κ3) is 4.66. The summed E-state index contributed by atoms with van der Waals surface area (Å²) in [5.41, 5.74) is -0.376. The smallest absolute Gasteiger partial charge is 0.416 e. The maximum atomic E-state index is 13.6. The van der Waals surface area contributed by atoms with Crippen LogP contribution in [0.15, 0.2) is 36.8 Å². The van der Waals surface area contributed by atoms with E-state index in [0.29, 0.717) is 30.4 Å². The monoisotopic (exact) mass is 496 g/mol. The molecule has 2 aliphatic rings. The molecule has 0 spiro atoms. The Kier molecular flexibility index (Phi) is 5.64. The number of ether oxygens (including phenoxy) is 1. The summed E-state index contributed by atoms with van der Waals surface area (Å²) in [5, 5.41) is 11.1. The van der Waals surface area contributed by atoms with E-state index in [-0.39, 0.29) is 30.4 Å². The predicted octanol–water partition coefficient (Wildman–Crippen LogP) is 3.97. The summed E-state index contributed by atoms with van der Waals surface area (Å²) in [6.07, 6.45) is -0.674. The molecule has 0 atom stereocenters. The number of carbonyl (C=O) groups excluding carboxylic acids is 1. The van der Waals surface area contributed by atoms with Crippen LogP contribution in [0.5, 0.6) is 5.75 Å². The van der Waals surface area contributed by atoms with Crippen LogP contribution in [0.2, 0.25) is 0 Å². The minimum atomic E-state index is -4.69. The molecule has 1 aromatic carbocycles. The second-order valence-electron chi connectivity index (χ2n) is 8.71. The van der Waals surface area contributed by atoms with Gasteiger partial charge in [-0.1, -0.05) is 0 Å². The molecule has 2 aromatic heterocycles. The first-order valence-electron chi connectivity index (χ1n) is 10.9. The van der Waals surface area contributed by atoms with Gasteiger partial charge in [0.05, 0.1) is 42.8 Å². The molecule has 3 aromatic rings. The van der Waals surface area contributed by atoms with E-state index in [2.05, 4.69) is 15.5 Å². The molecule has 0 unspecified atom stereocenters. The molecule has 186 valence electrons. The van der Waals surface area contributed by atoms with Crippen molar-refractivity contribution in [2.45, 2.75) is 37.3 Å². The number of aromatic nitrogens is 4. The van der Waals surface area contributed by atoms with Gasteiger partial charge in [0.15, 0.2) is 0 Å². The molecule has 13 heteroatoms. The lowest BCUT2D eigenvalue weighted by molar-refractivity contribution is -0.137. The van der Waals surface area contributed by atoms with Crippen LogP contribution >= 0.6 is 0 Å². The highest BCUT2D eigenvalue weighted by molar-refractivity contribution is 6.07. The first-order chi connectivity index (χ1) is 16.6. The highest BCUT2D eigenvalue weighted by Crippen LogP contribution is 2.35. The fourth-order valence-corrected chi connectivity index (χ4v) is 4.18. The molecule has 3 heterocycles. The minimum Gasteiger partial charge on any atom is -0.487 e. The van der Waals surface area contributed by atoms with Crippen LogP contribution < -0.4 is 15.0 Å². The zero-order valence-corrected chi connectivity index (χ0v) is 18.5. The summed E-state index contributed by atoms with van der Waals surface area (Å²) in [6, 6.07) is 2.05. The number of benzene rings is 1. The van der Waals surface area contributed by atoms with Gasteiger partial charge in [-0.15, -0.1) is 0 Å². The Labute approximate surface area is 196 Å². The van der Waals surface area contributed by atoms with E-state index in [1.807, 2.05) is 0 Å². The molecule has 1 aliphatic heterocycles. The third-order valence-corrected chi connectivity index (χ3v) is 6.09. The Bertz CT molecular complexity index is 1240. The van der Waals surface area contributed by atoms with E-state index < -0.39 is 35.7 Å². The molecular formula is C22H21F5N6O2. The normalized spacial score (nSPS) is 20.3. The molecule has 1 saturated heterocycles. The topological polar surface area (TPSA) is 77.2 Å². The van der Waals surface area contributed by atoms with E-state index in [4.69, 9.17) is 4.74 Å². The van der Waals surface area contributed by atoms with E-state index in [1.165, 1.54) is 17.1 Å². The number of nitrogens with one attached hydrogen (secondary N) is 1. The van der Waals surface area contributed by atoms with Crippen molar-refractivity contribution in [3.05, 3.63) is 53.7 Å². The van der Waals surface area contributed by atoms with Gasteiger partial charge < -0.3 is 15.0 Å². The van der Waals surface area contributed by atoms with E-state index in [9.17, 15) is 26.7 Å². The van der Waals surface area contributed by atoms with Gasteiger partial charge in [-0.05, 0) is 12.1 Å². The highest BCUT2D eigenvalue weighted by Gasteiger charge is 2.36. The van der Waals surface area contributed by atoms with E-state index in [1.54, 1.807) is 22.8 Å². The van der Waals surface area contributed by atoms with Crippen LogP contribution in [0.25, 0.3) is 0 Å². The maximum absolute atomic E-state index is 13.6. The number of halogens is 5. The van der Waals surface area contributed by atoms with Crippen LogP contribution in [0.3, 0.4) is 0 Å². The van der Waals surface area contributed by atoms with Crippen molar-refractivity contribution in [1.29, 1.82) is 0 Å². The number of hydrogen-bond acceptors (Lipinski definition) is 5. The van der Waals surface area contributed by atoms with Crippen molar-refractivity contribution in [3.8, 4) is 5.75 Å². The van der Waals surface area contributed by atoms with Crippen LogP contribution in [-0.4, -0.2) is 50.8 Å². The van der Waals surface area contributed by atoms with Crippen LogP contribution in [0, 0.1) is 5.82 Å². The summed E-state index contributed by atoms with van der Waals surface area (Å²) in [7, 11) is 1.66. The Morgan fingerprint density at radius 1 is 1.14 bits per heavy atom. The molecule has 0 bridgehead atoms. The van der Waals surface area contributed by atoms with Crippen molar-refractivity contribution in [2.24, 2.45) is 7.05 Å². The van der Waals surface area contributed by atoms with Crippen molar-refractivity contribution in [1.82, 2.24) is 19.6 Å². The largest absolute Gasteiger partial charge is 0.487 e. The van der Waals surface area contributed by atoms with Gasteiger partial charge in [0.2, 0.25) is 0 Å². The third-order valence-electron chi connectivity index (χ3n) is 6.09. The molecule has 1 aliphatic carbocycles. The van der Waals surface area contributed by atoms with Gasteiger partial charge >= 0.3 is 6.18 Å². The van der Waals surface area contributed by atoms with Gasteiger partial charge in [-0.3, -0.25) is 14.2 Å². The summed E-state index contributed by atoms with van der Waals surface area (Å²) in [6.45, 7) is 0.531. The number of carbonyl (C=O) groups is 1. The lowest BCUT2D eigenvalue weighted by Gasteiger charge is -2.40. The molecule has 1 N–H and O–H groups in total. The van der Waals surface area contributed by atoms with E-state index >= 15 is 0 Å². The SMILES string of the molecule is Cn1ncc(C(=O)Nc2cnn(C3CC(F)C3)c2)c1N1CC(Oc2cc(F)cc(C(F)(F)F)c2)C1. The maximum Gasteiger partial charge on any atom is 0.416 e.